The van der Waals surface area contributed by atoms with Gasteiger partial charge in [-0.15, -0.1) is 5.92 Å². The summed E-state index contributed by atoms with van der Waals surface area (Å²) < 4.78 is 0. The van der Waals surface area contributed by atoms with Crippen LogP contribution in [0.5, 0.6) is 0 Å². The van der Waals surface area contributed by atoms with Gasteiger partial charge in [0.2, 0.25) is 0 Å². The fraction of sp³-hybridized carbons (Fsp3) is 0.400. The lowest BCUT2D eigenvalue weighted by Gasteiger charge is -2.00. The molecule has 0 aliphatic rings. The van der Waals surface area contributed by atoms with Crippen molar-refractivity contribution in [1.29, 1.82) is 0 Å². The van der Waals surface area contributed by atoms with Crippen molar-refractivity contribution in [2.24, 2.45) is 0 Å². The first-order valence-corrected chi connectivity index (χ1v) is 5.13. The molecule has 68 valence electrons. The molecule has 0 spiro atoms. The molecule has 0 amide bonds. The van der Waals surface area contributed by atoms with Crippen molar-refractivity contribution in [2.75, 3.05) is 0 Å². The molecule has 1 aromatic heterocycles. The van der Waals surface area contributed by atoms with Crippen LogP contribution in [0.2, 0.25) is 0 Å². The van der Waals surface area contributed by atoms with Crippen LogP contribution in [0.15, 0.2) is 23.6 Å². The van der Waals surface area contributed by atoms with Crippen molar-refractivity contribution in [3.8, 4) is 11.8 Å². The number of aromatic nitrogens is 2. The molecule has 1 heterocycles. The van der Waals surface area contributed by atoms with Crippen LogP contribution in [0.1, 0.15) is 20.3 Å². The fourth-order valence-electron chi connectivity index (χ4n) is 0.780. The van der Waals surface area contributed by atoms with E-state index in [9.17, 15) is 0 Å². The fourth-order valence-corrected chi connectivity index (χ4v) is 1.48. The van der Waals surface area contributed by atoms with Crippen molar-refractivity contribution in [3.05, 3.63) is 18.5 Å². The molecule has 1 unspecified atom stereocenters. The zero-order valence-corrected chi connectivity index (χ0v) is 8.64. The minimum atomic E-state index is 0.266. The zero-order valence-electron chi connectivity index (χ0n) is 7.82. The van der Waals surface area contributed by atoms with E-state index < -0.39 is 0 Å². The Hall–Kier alpha value is -1.01. The largest absolute Gasteiger partial charge is 0.231 e. The van der Waals surface area contributed by atoms with Gasteiger partial charge in [0.15, 0.2) is 5.16 Å². The highest BCUT2D eigenvalue weighted by atomic mass is 32.2. The summed E-state index contributed by atoms with van der Waals surface area (Å²) in [5.74, 6) is 6.16. The van der Waals surface area contributed by atoms with E-state index in [0.717, 1.165) is 11.6 Å². The molecule has 0 aliphatic carbocycles. The molecule has 2 nitrogen and oxygen atoms in total. The number of hydrogen-bond acceptors (Lipinski definition) is 3. The van der Waals surface area contributed by atoms with Crippen molar-refractivity contribution in [1.82, 2.24) is 9.97 Å². The van der Waals surface area contributed by atoms with Gasteiger partial charge >= 0.3 is 0 Å². The number of hydrogen-bond donors (Lipinski definition) is 0. The Labute approximate surface area is 83.2 Å². The maximum Gasteiger partial charge on any atom is 0.188 e. The standard InChI is InChI=1S/C10H12N2S/c1-3-4-6-9(2)13-10-11-7-5-8-12-10/h5,7-9H,3H2,1-2H3. The average molecular weight is 192 g/mol. The van der Waals surface area contributed by atoms with Crippen LogP contribution < -0.4 is 0 Å². The normalized spacial score (nSPS) is 11.5. The topological polar surface area (TPSA) is 25.8 Å². The van der Waals surface area contributed by atoms with Crippen LogP contribution in [-0.2, 0) is 0 Å². The Bertz CT molecular complexity index is 300. The lowest BCUT2D eigenvalue weighted by Crippen LogP contribution is -1.93. The summed E-state index contributed by atoms with van der Waals surface area (Å²) in [6.07, 6.45) is 4.39. The highest BCUT2D eigenvalue weighted by Crippen LogP contribution is 2.16. The van der Waals surface area contributed by atoms with E-state index in [-0.39, 0.29) is 5.25 Å². The highest BCUT2D eigenvalue weighted by molar-refractivity contribution is 8.00. The SMILES string of the molecule is CCC#CC(C)Sc1ncccn1. The third-order valence-electron chi connectivity index (χ3n) is 1.31. The summed E-state index contributed by atoms with van der Waals surface area (Å²) in [5, 5.41) is 1.06. The highest BCUT2D eigenvalue weighted by Gasteiger charge is 2.01. The van der Waals surface area contributed by atoms with Crippen LogP contribution >= 0.6 is 11.8 Å². The van der Waals surface area contributed by atoms with Gasteiger partial charge in [0.05, 0.1) is 5.25 Å². The van der Waals surface area contributed by atoms with Gasteiger partial charge in [-0.3, -0.25) is 0 Å². The summed E-state index contributed by atoms with van der Waals surface area (Å²) in [5.41, 5.74) is 0. The predicted molar refractivity (Wildman–Crippen MR) is 55.4 cm³/mol. The Morgan fingerprint density at radius 2 is 2.15 bits per heavy atom. The zero-order chi connectivity index (χ0) is 9.52. The number of thioether (sulfide) groups is 1. The summed E-state index contributed by atoms with van der Waals surface area (Å²) in [4.78, 5) is 8.22. The molecule has 0 fully saturated rings. The van der Waals surface area contributed by atoms with Crippen LogP contribution in [0.25, 0.3) is 0 Å². The molecular weight excluding hydrogens is 180 g/mol. The molecule has 1 rings (SSSR count). The Kier molecular flexibility index (Phi) is 4.34. The molecule has 0 radical (unpaired) electrons. The Morgan fingerprint density at radius 1 is 1.46 bits per heavy atom. The minimum absolute atomic E-state index is 0.266. The number of nitrogens with zero attached hydrogens (tertiary/aromatic N) is 2. The second-order valence-corrected chi connectivity index (χ2v) is 3.77. The first kappa shape index (κ1) is 10.1. The molecule has 0 bridgehead atoms. The smallest absolute Gasteiger partial charge is 0.188 e. The summed E-state index contributed by atoms with van der Waals surface area (Å²) in [6, 6.07) is 1.81. The van der Waals surface area contributed by atoms with Gasteiger partial charge in [0, 0.05) is 18.8 Å². The Morgan fingerprint density at radius 3 is 2.77 bits per heavy atom. The molecule has 1 aromatic rings. The van der Waals surface area contributed by atoms with Crippen LogP contribution in [0.3, 0.4) is 0 Å². The summed E-state index contributed by atoms with van der Waals surface area (Å²) >= 11 is 1.59. The maximum atomic E-state index is 4.11. The molecular formula is C10H12N2S. The van der Waals surface area contributed by atoms with Gasteiger partial charge in [-0.25, -0.2) is 9.97 Å². The molecule has 3 heteroatoms. The van der Waals surface area contributed by atoms with Crippen molar-refractivity contribution >= 4 is 11.8 Å². The first-order valence-electron chi connectivity index (χ1n) is 4.25. The van der Waals surface area contributed by atoms with Gasteiger partial charge in [-0.1, -0.05) is 24.6 Å². The summed E-state index contributed by atoms with van der Waals surface area (Å²) in [6.45, 7) is 4.10. The van der Waals surface area contributed by atoms with Crippen LogP contribution in [-0.4, -0.2) is 15.2 Å². The molecule has 13 heavy (non-hydrogen) atoms. The molecule has 0 aliphatic heterocycles. The third-order valence-corrected chi connectivity index (χ3v) is 2.20. The van der Waals surface area contributed by atoms with Gasteiger partial charge in [0.25, 0.3) is 0 Å². The van der Waals surface area contributed by atoms with Gasteiger partial charge in [-0.05, 0) is 13.0 Å². The predicted octanol–water partition coefficient (Wildman–Crippen LogP) is 2.37. The second kappa shape index (κ2) is 5.60. The number of rotatable bonds is 2. The molecule has 0 N–H and O–H groups in total. The molecule has 0 saturated heterocycles. The van der Waals surface area contributed by atoms with E-state index >= 15 is 0 Å². The van der Waals surface area contributed by atoms with E-state index in [4.69, 9.17) is 0 Å². The first-order chi connectivity index (χ1) is 6.33. The van der Waals surface area contributed by atoms with E-state index in [1.165, 1.54) is 0 Å². The molecule has 0 saturated carbocycles. The summed E-state index contributed by atoms with van der Waals surface area (Å²) in [7, 11) is 0. The monoisotopic (exact) mass is 192 g/mol. The van der Waals surface area contributed by atoms with E-state index in [0.29, 0.717) is 0 Å². The van der Waals surface area contributed by atoms with Crippen molar-refractivity contribution < 1.29 is 0 Å². The molecule has 1 atom stereocenters. The minimum Gasteiger partial charge on any atom is -0.231 e. The third kappa shape index (κ3) is 3.95. The molecule has 0 aromatic carbocycles. The van der Waals surface area contributed by atoms with Crippen LogP contribution in [0, 0.1) is 11.8 Å². The average Bonchev–Trinajstić information content (AvgIpc) is 2.16. The second-order valence-electron chi connectivity index (χ2n) is 2.47. The van der Waals surface area contributed by atoms with E-state index in [2.05, 4.69) is 28.7 Å². The lowest BCUT2D eigenvalue weighted by molar-refractivity contribution is 0.963. The van der Waals surface area contributed by atoms with E-state index in [1.807, 2.05) is 13.0 Å². The van der Waals surface area contributed by atoms with Gasteiger partial charge in [0.1, 0.15) is 0 Å². The lowest BCUT2D eigenvalue weighted by atomic mass is 10.4. The van der Waals surface area contributed by atoms with E-state index in [1.54, 1.807) is 24.2 Å². The van der Waals surface area contributed by atoms with Crippen molar-refractivity contribution in [2.45, 2.75) is 30.7 Å². The quantitative estimate of drug-likeness (QED) is 0.409. The maximum absolute atomic E-state index is 4.11. The van der Waals surface area contributed by atoms with Gasteiger partial charge in [-0.2, -0.15) is 0 Å². The Balaban J connectivity index is 2.50. The van der Waals surface area contributed by atoms with Gasteiger partial charge < -0.3 is 0 Å². The van der Waals surface area contributed by atoms with Crippen molar-refractivity contribution in [3.63, 3.8) is 0 Å². The van der Waals surface area contributed by atoms with Crippen LogP contribution in [0.4, 0.5) is 0 Å².